The Labute approximate surface area is 138 Å². The van der Waals surface area contributed by atoms with Crippen molar-refractivity contribution in [2.75, 3.05) is 0 Å². The quantitative estimate of drug-likeness (QED) is 0.782. The first-order valence-electron chi connectivity index (χ1n) is 8.31. The van der Waals surface area contributed by atoms with Crippen molar-refractivity contribution in [1.29, 1.82) is 0 Å². The number of hydrogen-bond acceptors (Lipinski definition) is 4. The van der Waals surface area contributed by atoms with E-state index in [0.29, 0.717) is 12.8 Å². The zero-order chi connectivity index (χ0) is 17.1. The summed E-state index contributed by atoms with van der Waals surface area (Å²) in [7, 11) is 0. The largest absolute Gasteiger partial charge is 0.497 e. The molecule has 128 valence electrons. The number of hydrogen-bond donors (Lipinski definition) is 2. The third kappa shape index (κ3) is 3.93. The zero-order valence-corrected chi connectivity index (χ0v) is 14.4. The van der Waals surface area contributed by atoms with Gasteiger partial charge in [-0.15, -0.1) is 0 Å². The maximum Gasteiger partial charge on any atom is 0.168 e. The van der Waals surface area contributed by atoms with E-state index < -0.39 is 24.2 Å². The standard InChI is InChI=1S/C19H28O4/c1-11(2)5-7-13-17(21)14(8-6-12(3)4)19-16(18(13)22)15(20)9-10-23-19/h5-6,9-10,13-14,16-19,21-22H,7-8H2,1-4H3. The molecule has 0 spiro atoms. The van der Waals surface area contributed by atoms with Gasteiger partial charge in [0.05, 0.1) is 24.4 Å². The van der Waals surface area contributed by atoms with E-state index in [2.05, 4.69) is 6.08 Å². The van der Waals surface area contributed by atoms with Crippen LogP contribution in [0.15, 0.2) is 35.6 Å². The molecule has 1 aliphatic carbocycles. The molecule has 1 heterocycles. The van der Waals surface area contributed by atoms with Crippen LogP contribution in [0.5, 0.6) is 0 Å². The van der Waals surface area contributed by atoms with Gasteiger partial charge in [0, 0.05) is 17.9 Å². The Morgan fingerprint density at radius 2 is 1.61 bits per heavy atom. The Hall–Kier alpha value is -1.39. The molecule has 0 aromatic heterocycles. The fourth-order valence-corrected chi connectivity index (χ4v) is 3.56. The van der Waals surface area contributed by atoms with E-state index in [1.54, 1.807) is 0 Å². The van der Waals surface area contributed by atoms with Gasteiger partial charge in [-0.25, -0.2) is 0 Å². The average Bonchev–Trinajstić information content (AvgIpc) is 2.46. The molecule has 0 aromatic carbocycles. The lowest BCUT2D eigenvalue weighted by Crippen LogP contribution is -2.58. The van der Waals surface area contributed by atoms with Crippen LogP contribution in [0.1, 0.15) is 40.5 Å². The van der Waals surface area contributed by atoms with E-state index >= 15 is 0 Å². The van der Waals surface area contributed by atoms with Crippen molar-refractivity contribution in [3.05, 3.63) is 35.6 Å². The molecule has 1 saturated carbocycles. The Morgan fingerprint density at radius 1 is 1.04 bits per heavy atom. The molecule has 23 heavy (non-hydrogen) atoms. The molecule has 1 aliphatic heterocycles. The maximum atomic E-state index is 12.3. The third-order valence-electron chi connectivity index (χ3n) is 4.85. The van der Waals surface area contributed by atoms with Crippen LogP contribution >= 0.6 is 0 Å². The second-order valence-electron chi connectivity index (χ2n) is 7.17. The van der Waals surface area contributed by atoms with Gasteiger partial charge in [-0.05, 0) is 40.5 Å². The van der Waals surface area contributed by atoms with Crippen LogP contribution in [0.25, 0.3) is 0 Å². The number of allylic oxidation sites excluding steroid dienone is 5. The van der Waals surface area contributed by atoms with Gasteiger partial charge in [-0.3, -0.25) is 4.79 Å². The van der Waals surface area contributed by atoms with Gasteiger partial charge in [0.2, 0.25) is 0 Å². The fourth-order valence-electron chi connectivity index (χ4n) is 3.56. The minimum atomic E-state index is -0.883. The van der Waals surface area contributed by atoms with E-state index in [-0.39, 0.29) is 17.6 Å². The number of aliphatic hydroxyl groups is 2. The van der Waals surface area contributed by atoms with Crippen molar-refractivity contribution in [1.82, 2.24) is 0 Å². The smallest absolute Gasteiger partial charge is 0.168 e. The molecule has 4 heteroatoms. The molecule has 2 aliphatic rings. The molecule has 0 aromatic rings. The van der Waals surface area contributed by atoms with Crippen molar-refractivity contribution in [2.24, 2.45) is 17.8 Å². The highest BCUT2D eigenvalue weighted by Gasteiger charge is 2.52. The van der Waals surface area contributed by atoms with Gasteiger partial charge < -0.3 is 14.9 Å². The van der Waals surface area contributed by atoms with E-state index in [1.807, 2.05) is 33.8 Å². The van der Waals surface area contributed by atoms with Crippen molar-refractivity contribution >= 4 is 5.78 Å². The topological polar surface area (TPSA) is 66.8 Å². The lowest BCUT2D eigenvalue weighted by atomic mass is 9.65. The third-order valence-corrected chi connectivity index (χ3v) is 4.85. The monoisotopic (exact) mass is 320 g/mol. The lowest BCUT2D eigenvalue weighted by molar-refractivity contribution is -0.167. The van der Waals surface area contributed by atoms with Gasteiger partial charge in [-0.2, -0.15) is 0 Å². The summed E-state index contributed by atoms with van der Waals surface area (Å²) in [6.07, 6.45) is 6.03. The summed E-state index contributed by atoms with van der Waals surface area (Å²) in [6, 6.07) is 0. The number of ketones is 1. The van der Waals surface area contributed by atoms with Crippen LogP contribution in [-0.2, 0) is 9.53 Å². The molecule has 6 unspecified atom stereocenters. The summed E-state index contributed by atoms with van der Waals surface area (Å²) in [6.45, 7) is 8.00. The first-order valence-corrected chi connectivity index (χ1v) is 8.31. The van der Waals surface area contributed by atoms with Gasteiger partial charge in [0.15, 0.2) is 5.78 Å². The highest BCUT2D eigenvalue weighted by Crippen LogP contribution is 2.42. The second-order valence-corrected chi connectivity index (χ2v) is 7.17. The molecule has 4 nitrogen and oxygen atoms in total. The first kappa shape index (κ1) is 18.0. The van der Waals surface area contributed by atoms with Crippen LogP contribution in [0.4, 0.5) is 0 Å². The molecular formula is C19H28O4. The normalized spacial score (nSPS) is 36.0. The summed E-state index contributed by atoms with van der Waals surface area (Å²) in [5, 5.41) is 21.5. The Bertz CT molecular complexity index is 523. The minimum Gasteiger partial charge on any atom is -0.497 e. The van der Waals surface area contributed by atoms with Gasteiger partial charge in [0.1, 0.15) is 6.10 Å². The van der Waals surface area contributed by atoms with Crippen LogP contribution in [-0.4, -0.2) is 34.3 Å². The van der Waals surface area contributed by atoms with Crippen LogP contribution in [0.3, 0.4) is 0 Å². The zero-order valence-electron chi connectivity index (χ0n) is 14.4. The summed E-state index contributed by atoms with van der Waals surface area (Å²) >= 11 is 0. The minimum absolute atomic E-state index is 0.106. The predicted octanol–water partition coefficient (Wildman–Crippen LogP) is 2.76. The number of fused-ring (bicyclic) bond motifs is 1. The Morgan fingerprint density at radius 3 is 2.17 bits per heavy atom. The summed E-state index contributed by atoms with van der Waals surface area (Å²) in [4.78, 5) is 12.3. The number of carbonyl (C=O) groups excluding carboxylic acids is 1. The second kappa shape index (κ2) is 7.45. The van der Waals surface area contributed by atoms with Gasteiger partial charge >= 0.3 is 0 Å². The maximum absolute atomic E-state index is 12.3. The first-order chi connectivity index (χ1) is 10.8. The Kier molecular flexibility index (Phi) is 5.82. The fraction of sp³-hybridized carbons (Fsp3) is 0.632. The highest BCUT2D eigenvalue weighted by atomic mass is 16.5. The molecule has 1 fully saturated rings. The van der Waals surface area contributed by atoms with Crippen molar-refractivity contribution in [2.45, 2.75) is 58.8 Å². The molecule has 0 amide bonds. The summed E-state index contributed by atoms with van der Waals surface area (Å²) in [5.41, 5.74) is 2.30. The Balaban J connectivity index is 2.32. The molecule has 0 radical (unpaired) electrons. The van der Waals surface area contributed by atoms with Crippen molar-refractivity contribution < 1.29 is 19.7 Å². The number of ether oxygens (including phenoxy) is 1. The van der Waals surface area contributed by atoms with Gasteiger partial charge in [-0.1, -0.05) is 23.3 Å². The molecule has 0 saturated heterocycles. The molecule has 2 N–H and O–H groups in total. The van der Waals surface area contributed by atoms with Crippen LogP contribution in [0, 0.1) is 17.8 Å². The number of carbonyl (C=O) groups is 1. The van der Waals surface area contributed by atoms with Gasteiger partial charge in [0.25, 0.3) is 0 Å². The molecule has 2 rings (SSSR count). The summed E-state index contributed by atoms with van der Waals surface area (Å²) in [5.74, 6) is -1.23. The van der Waals surface area contributed by atoms with E-state index in [4.69, 9.17) is 4.74 Å². The average molecular weight is 320 g/mol. The van der Waals surface area contributed by atoms with E-state index in [0.717, 1.165) is 5.57 Å². The molecule has 0 bridgehead atoms. The van der Waals surface area contributed by atoms with Crippen molar-refractivity contribution in [3.63, 3.8) is 0 Å². The number of rotatable bonds is 4. The molecular weight excluding hydrogens is 292 g/mol. The number of aliphatic hydroxyl groups excluding tert-OH is 2. The van der Waals surface area contributed by atoms with Crippen LogP contribution in [0.2, 0.25) is 0 Å². The highest BCUT2D eigenvalue weighted by molar-refractivity contribution is 5.93. The predicted molar refractivity (Wildman–Crippen MR) is 89.6 cm³/mol. The molecule has 6 atom stereocenters. The lowest BCUT2D eigenvalue weighted by Gasteiger charge is -2.47. The van der Waals surface area contributed by atoms with Crippen LogP contribution < -0.4 is 0 Å². The van der Waals surface area contributed by atoms with E-state index in [9.17, 15) is 15.0 Å². The van der Waals surface area contributed by atoms with Crippen molar-refractivity contribution in [3.8, 4) is 0 Å². The van der Waals surface area contributed by atoms with E-state index in [1.165, 1.54) is 17.9 Å². The summed E-state index contributed by atoms with van der Waals surface area (Å²) < 4.78 is 5.65. The SMILES string of the molecule is CC(C)=CCC1C(O)C(CC=C(C)C)C2OC=CC(=O)C2C1O.